The first-order valence-electron chi connectivity index (χ1n) is 9.57. The van der Waals surface area contributed by atoms with E-state index < -0.39 is 6.04 Å². The highest BCUT2D eigenvalue weighted by atomic mass is 32.2. The molecule has 1 amide bonds. The number of amides is 1. The Bertz CT molecular complexity index is 1050. The van der Waals surface area contributed by atoms with Gasteiger partial charge < -0.3 is 9.47 Å². The number of carbonyl (C=O) groups excluding carboxylic acids is 1. The van der Waals surface area contributed by atoms with E-state index in [0.29, 0.717) is 33.9 Å². The maximum atomic E-state index is 13.2. The highest BCUT2D eigenvalue weighted by Gasteiger charge is 2.43. The molecule has 0 fully saturated rings. The van der Waals surface area contributed by atoms with Crippen molar-refractivity contribution in [2.24, 2.45) is 15.9 Å². The predicted molar refractivity (Wildman–Crippen MR) is 116 cm³/mol. The van der Waals surface area contributed by atoms with Crippen LogP contribution in [0.25, 0.3) is 0 Å². The van der Waals surface area contributed by atoms with Crippen molar-refractivity contribution in [3.05, 3.63) is 53.3 Å². The number of rotatable bonds is 5. The second kappa shape index (κ2) is 8.10. The molecule has 2 heterocycles. The van der Waals surface area contributed by atoms with E-state index in [1.54, 1.807) is 38.5 Å². The summed E-state index contributed by atoms with van der Waals surface area (Å²) < 4.78 is 24.1. The number of halogens is 1. The molecule has 2 aliphatic heterocycles. The summed E-state index contributed by atoms with van der Waals surface area (Å²) in [5.74, 6) is 1.87. The van der Waals surface area contributed by atoms with Gasteiger partial charge in [-0.05, 0) is 29.7 Å². The number of amidine groups is 2. The zero-order valence-corrected chi connectivity index (χ0v) is 18.0. The van der Waals surface area contributed by atoms with E-state index in [4.69, 9.17) is 14.5 Å². The molecule has 0 unspecified atom stereocenters. The van der Waals surface area contributed by atoms with Crippen LogP contribution in [-0.2, 0) is 10.5 Å². The van der Waals surface area contributed by atoms with Crippen molar-refractivity contribution >= 4 is 34.4 Å². The molecule has 0 N–H and O–H groups in total. The van der Waals surface area contributed by atoms with Gasteiger partial charge in [0.1, 0.15) is 17.7 Å². The van der Waals surface area contributed by atoms with E-state index in [1.165, 1.54) is 23.9 Å². The second-order valence-corrected chi connectivity index (χ2v) is 8.31. The van der Waals surface area contributed by atoms with Gasteiger partial charge in [-0.1, -0.05) is 37.7 Å². The van der Waals surface area contributed by atoms with E-state index in [1.807, 2.05) is 18.7 Å². The standard InChI is InChI=1S/C22H22FN3O3S/c1-12(2)19-21(27)25-20-15-9-17(28-3)18(29-4)10-16(15)24-22(26(19)20)30-11-13-5-7-14(23)8-6-13/h5-10,12,19H,11H2,1-4H3/t19-/m0/s1. The average Bonchev–Trinajstić information content (AvgIpc) is 3.09. The second-order valence-electron chi connectivity index (χ2n) is 7.37. The number of carbonyl (C=O) groups is 1. The lowest BCUT2D eigenvalue weighted by molar-refractivity contribution is -0.120. The van der Waals surface area contributed by atoms with Crippen molar-refractivity contribution in [1.29, 1.82) is 0 Å². The molecular formula is C22H22FN3O3S. The Kier molecular flexibility index (Phi) is 5.51. The molecule has 0 saturated heterocycles. The first kappa shape index (κ1) is 20.4. The number of thioether (sulfide) groups is 1. The van der Waals surface area contributed by atoms with Gasteiger partial charge in [-0.25, -0.2) is 9.38 Å². The largest absolute Gasteiger partial charge is 0.493 e. The smallest absolute Gasteiger partial charge is 0.271 e. The normalized spacial score (nSPS) is 17.5. The Morgan fingerprint density at radius 2 is 1.77 bits per heavy atom. The minimum atomic E-state index is -0.416. The van der Waals surface area contributed by atoms with E-state index in [2.05, 4.69) is 4.99 Å². The third-order valence-corrected chi connectivity index (χ3v) is 6.08. The fourth-order valence-electron chi connectivity index (χ4n) is 3.58. The van der Waals surface area contributed by atoms with Crippen LogP contribution in [-0.4, -0.2) is 42.1 Å². The minimum absolute atomic E-state index is 0.0528. The van der Waals surface area contributed by atoms with Gasteiger partial charge in [0.2, 0.25) is 0 Å². The van der Waals surface area contributed by atoms with E-state index >= 15 is 0 Å². The molecule has 4 rings (SSSR count). The van der Waals surface area contributed by atoms with E-state index in [9.17, 15) is 9.18 Å². The summed E-state index contributed by atoms with van der Waals surface area (Å²) in [4.78, 5) is 23.8. The van der Waals surface area contributed by atoms with Gasteiger partial charge in [0.25, 0.3) is 5.91 Å². The van der Waals surface area contributed by atoms with Crippen LogP contribution in [0.3, 0.4) is 0 Å². The maximum absolute atomic E-state index is 13.2. The van der Waals surface area contributed by atoms with Crippen LogP contribution in [0.2, 0.25) is 0 Å². The zero-order chi connectivity index (χ0) is 21.4. The van der Waals surface area contributed by atoms with Crippen LogP contribution in [0.4, 0.5) is 10.1 Å². The van der Waals surface area contributed by atoms with Gasteiger partial charge in [0.15, 0.2) is 16.7 Å². The van der Waals surface area contributed by atoms with Crippen LogP contribution in [0.15, 0.2) is 46.4 Å². The first-order valence-corrected chi connectivity index (χ1v) is 10.6. The third-order valence-electron chi connectivity index (χ3n) is 5.05. The van der Waals surface area contributed by atoms with Gasteiger partial charge in [-0.15, -0.1) is 0 Å². The summed E-state index contributed by atoms with van der Waals surface area (Å²) in [5, 5.41) is 0.683. The number of nitrogens with zero attached hydrogens (tertiary/aromatic N) is 3. The Balaban J connectivity index is 1.77. The van der Waals surface area contributed by atoms with Gasteiger partial charge in [-0.3, -0.25) is 9.69 Å². The molecule has 2 aliphatic rings. The van der Waals surface area contributed by atoms with Gasteiger partial charge in [0, 0.05) is 17.4 Å². The number of benzene rings is 2. The molecule has 0 aliphatic carbocycles. The lowest BCUT2D eigenvalue weighted by Gasteiger charge is -2.33. The van der Waals surface area contributed by atoms with Crippen molar-refractivity contribution in [2.75, 3.05) is 14.2 Å². The summed E-state index contributed by atoms with van der Waals surface area (Å²) in [6.07, 6.45) is 0. The zero-order valence-electron chi connectivity index (χ0n) is 17.2. The van der Waals surface area contributed by atoms with Crippen molar-refractivity contribution < 1.29 is 18.7 Å². The summed E-state index contributed by atoms with van der Waals surface area (Å²) in [6, 6.07) is 9.55. The average molecular weight is 428 g/mol. The molecule has 0 aromatic heterocycles. The SMILES string of the molecule is COc1cc2c(cc1OC)C1=NC(=O)[C@H](C(C)C)N1C(SCc1ccc(F)cc1)=N2. The van der Waals surface area contributed by atoms with Gasteiger partial charge >= 0.3 is 0 Å². The molecule has 0 bridgehead atoms. The Morgan fingerprint density at radius 3 is 2.40 bits per heavy atom. The quantitative estimate of drug-likeness (QED) is 0.708. The van der Waals surface area contributed by atoms with Crippen LogP contribution in [0.5, 0.6) is 11.5 Å². The van der Waals surface area contributed by atoms with Crippen LogP contribution < -0.4 is 9.47 Å². The lowest BCUT2D eigenvalue weighted by atomic mass is 10.0. The Morgan fingerprint density at radius 1 is 1.10 bits per heavy atom. The number of fused-ring (bicyclic) bond motifs is 3. The van der Waals surface area contributed by atoms with Gasteiger partial charge in [0.05, 0.1) is 19.9 Å². The van der Waals surface area contributed by atoms with Crippen molar-refractivity contribution in [3.63, 3.8) is 0 Å². The van der Waals surface area contributed by atoms with E-state index in [-0.39, 0.29) is 17.6 Å². The molecule has 1 atom stereocenters. The number of ether oxygens (including phenoxy) is 2. The molecule has 0 saturated carbocycles. The predicted octanol–water partition coefficient (Wildman–Crippen LogP) is 4.39. The van der Waals surface area contributed by atoms with Crippen molar-refractivity contribution in [2.45, 2.75) is 25.6 Å². The van der Waals surface area contributed by atoms with Gasteiger partial charge in [-0.2, -0.15) is 4.99 Å². The molecule has 6 nitrogen and oxygen atoms in total. The molecule has 8 heteroatoms. The molecule has 0 spiro atoms. The Labute approximate surface area is 178 Å². The molecule has 0 radical (unpaired) electrons. The first-order chi connectivity index (χ1) is 14.4. The summed E-state index contributed by atoms with van der Waals surface area (Å²) >= 11 is 1.49. The van der Waals surface area contributed by atoms with E-state index in [0.717, 1.165) is 11.1 Å². The van der Waals surface area contributed by atoms with Crippen LogP contribution >= 0.6 is 11.8 Å². The fraction of sp³-hybridized carbons (Fsp3) is 0.318. The number of aliphatic imine (C=N–C) groups is 2. The Hall–Kier alpha value is -2.87. The van der Waals surface area contributed by atoms with Crippen LogP contribution in [0, 0.1) is 11.7 Å². The highest BCUT2D eigenvalue weighted by Crippen LogP contribution is 2.42. The molecule has 156 valence electrons. The lowest BCUT2D eigenvalue weighted by Crippen LogP contribution is -2.46. The molecule has 30 heavy (non-hydrogen) atoms. The maximum Gasteiger partial charge on any atom is 0.271 e. The monoisotopic (exact) mass is 427 g/mol. The van der Waals surface area contributed by atoms with Crippen LogP contribution in [0.1, 0.15) is 25.0 Å². The number of hydrogen-bond acceptors (Lipinski definition) is 6. The summed E-state index contributed by atoms with van der Waals surface area (Å²) in [6.45, 7) is 3.99. The van der Waals surface area contributed by atoms with Crippen molar-refractivity contribution in [3.8, 4) is 11.5 Å². The topological polar surface area (TPSA) is 63.5 Å². The number of methoxy groups -OCH3 is 2. The third kappa shape index (κ3) is 3.56. The minimum Gasteiger partial charge on any atom is -0.493 e. The molecule has 2 aromatic rings. The van der Waals surface area contributed by atoms with Crippen molar-refractivity contribution in [1.82, 2.24) is 4.90 Å². The summed E-state index contributed by atoms with van der Waals surface area (Å²) in [5.41, 5.74) is 2.36. The summed E-state index contributed by atoms with van der Waals surface area (Å²) in [7, 11) is 3.13. The highest BCUT2D eigenvalue weighted by molar-refractivity contribution is 8.13. The molecular weight excluding hydrogens is 405 g/mol. The fourth-order valence-corrected chi connectivity index (χ4v) is 4.57. The molecule has 2 aromatic carbocycles. The number of hydrogen-bond donors (Lipinski definition) is 0.